The van der Waals surface area contributed by atoms with Crippen LogP contribution in [0.3, 0.4) is 0 Å². The molecule has 0 aliphatic heterocycles. The first-order valence-electron chi connectivity index (χ1n) is 5.94. The molecular weight excluding hydrogens is 196 g/mol. The van der Waals surface area contributed by atoms with Crippen molar-refractivity contribution in [2.24, 2.45) is 0 Å². The summed E-state index contributed by atoms with van der Waals surface area (Å²) >= 11 is 0. The number of nitrogens with one attached hydrogen (secondary N) is 1. The lowest BCUT2D eigenvalue weighted by molar-refractivity contribution is 0.837. The van der Waals surface area contributed by atoms with E-state index in [2.05, 4.69) is 41.2 Å². The third kappa shape index (κ3) is 1.75. The second kappa shape index (κ2) is 3.78. The fraction of sp³-hybridized carbons (Fsp3) is 0.357. The molecule has 1 saturated carbocycles. The van der Waals surface area contributed by atoms with Gasteiger partial charge in [-0.15, -0.1) is 0 Å². The maximum atomic E-state index is 4.33. The van der Waals surface area contributed by atoms with Crippen LogP contribution in [0.1, 0.15) is 48.6 Å². The summed E-state index contributed by atoms with van der Waals surface area (Å²) in [5.41, 5.74) is 2.86. The Morgan fingerprint density at radius 3 is 2.94 bits per heavy atom. The van der Waals surface area contributed by atoms with Crippen molar-refractivity contribution in [1.82, 2.24) is 9.97 Å². The standard InChI is InChI=1S/C14H16N2/c1-10(14-15-7-8-16-14)12-3-2-4-13(9-12)11-5-6-11/h2-4,7-11H,5-6H2,1H3,(H,15,16). The molecule has 1 aromatic carbocycles. The molecule has 1 fully saturated rings. The molecule has 1 aromatic heterocycles. The molecule has 1 N–H and O–H groups in total. The molecular formula is C14H16N2. The molecule has 1 atom stereocenters. The second-order valence-electron chi connectivity index (χ2n) is 4.64. The van der Waals surface area contributed by atoms with Crippen molar-refractivity contribution in [3.63, 3.8) is 0 Å². The van der Waals surface area contributed by atoms with E-state index in [1.807, 2.05) is 12.4 Å². The molecule has 0 saturated heterocycles. The van der Waals surface area contributed by atoms with Crippen LogP contribution in [0.5, 0.6) is 0 Å². The van der Waals surface area contributed by atoms with Gasteiger partial charge in [-0.2, -0.15) is 0 Å². The highest BCUT2D eigenvalue weighted by Gasteiger charge is 2.24. The number of aromatic amines is 1. The lowest BCUT2D eigenvalue weighted by Gasteiger charge is -2.10. The number of imidazole rings is 1. The summed E-state index contributed by atoms with van der Waals surface area (Å²) < 4.78 is 0. The number of aromatic nitrogens is 2. The Labute approximate surface area is 95.7 Å². The quantitative estimate of drug-likeness (QED) is 0.829. The lowest BCUT2D eigenvalue weighted by atomic mass is 9.97. The summed E-state index contributed by atoms with van der Waals surface area (Å²) in [6, 6.07) is 8.95. The van der Waals surface area contributed by atoms with E-state index in [9.17, 15) is 0 Å². The summed E-state index contributed by atoms with van der Waals surface area (Å²) in [6.45, 7) is 2.20. The van der Waals surface area contributed by atoms with Gasteiger partial charge in [0.15, 0.2) is 0 Å². The fourth-order valence-electron chi connectivity index (χ4n) is 2.17. The Bertz CT molecular complexity index is 469. The number of rotatable bonds is 3. The van der Waals surface area contributed by atoms with Crippen LogP contribution < -0.4 is 0 Å². The van der Waals surface area contributed by atoms with Crippen molar-refractivity contribution in [2.45, 2.75) is 31.6 Å². The summed E-state index contributed by atoms with van der Waals surface area (Å²) in [5.74, 6) is 2.23. The van der Waals surface area contributed by atoms with Crippen LogP contribution in [0, 0.1) is 0 Å². The number of hydrogen-bond acceptors (Lipinski definition) is 1. The molecule has 3 rings (SSSR count). The van der Waals surface area contributed by atoms with E-state index in [4.69, 9.17) is 0 Å². The fourth-order valence-corrected chi connectivity index (χ4v) is 2.17. The van der Waals surface area contributed by atoms with E-state index >= 15 is 0 Å². The van der Waals surface area contributed by atoms with Gasteiger partial charge in [0.05, 0.1) is 0 Å². The van der Waals surface area contributed by atoms with Crippen LogP contribution in [0.25, 0.3) is 0 Å². The van der Waals surface area contributed by atoms with Gasteiger partial charge in [-0.05, 0) is 29.9 Å². The minimum Gasteiger partial charge on any atom is -0.348 e. The first-order chi connectivity index (χ1) is 7.84. The van der Waals surface area contributed by atoms with Crippen LogP contribution in [-0.2, 0) is 0 Å². The molecule has 82 valence electrons. The van der Waals surface area contributed by atoms with E-state index < -0.39 is 0 Å². The summed E-state index contributed by atoms with van der Waals surface area (Å²) in [4.78, 5) is 7.52. The third-order valence-corrected chi connectivity index (χ3v) is 3.39. The lowest BCUT2D eigenvalue weighted by Crippen LogP contribution is -1.99. The maximum absolute atomic E-state index is 4.33. The van der Waals surface area contributed by atoms with Gasteiger partial charge < -0.3 is 4.98 Å². The number of benzene rings is 1. The first kappa shape index (κ1) is 9.64. The van der Waals surface area contributed by atoms with Crippen molar-refractivity contribution in [3.8, 4) is 0 Å². The van der Waals surface area contributed by atoms with Crippen molar-refractivity contribution in [2.75, 3.05) is 0 Å². The third-order valence-electron chi connectivity index (χ3n) is 3.39. The first-order valence-corrected chi connectivity index (χ1v) is 5.94. The van der Waals surface area contributed by atoms with Crippen LogP contribution in [0.2, 0.25) is 0 Å². The molecule has 1 unspecified atom stereocenters. The highest BCUT2D eigenvalue weighted by molar-refractivity contribution is 5.33. The van der Waals surface area contributed by atoms with Crippen molar-refractivity contribution >= 4 is 0 Å². The van der Waals surface area contributed by atoms with Gasteiger partial charge in [0.2, 0.25) is 0 Å². The summed E-state index contributed by atoms with van der Waals surface area (Å²) in [5, 5.41) is 0. The molecule has 1 aliphatic carbocycles. The zero-order valence-electron chi connectivity index (χ0n) is 9.48. The van der Waals surface area contributed by atoms with E-state index in [1.54, 1.807) is 0 Å². The average Bonchev–Trinajstić information content (AvgIpc) is 3.04. The van der Waals surface area contributed by atoms with E-state index in [0.29, 0.717) is 5.92 Å². The van der Waals surface area contributed by atoms with Gasteiger partial charge in [0, 0.05) is 18.3 Å². The minimum absolute atomic E-state index is 0.355. The Balaban J connectivity index is 1.90. The number of nitrogens with zero attached hydrogens (tertiary/aromatic N) is 1. The topological polar surface area (TPSA) is 28.7 Å². The zero-order chi connectivity index (χ0) is 11.0. The molecule has 2 aromatic rings. The van der Waals surface area contributed by atoms with Gasteiger partial charge in [0.1, 0.15) is 5.82 Å². The summed E-state index contributed by atoms with van der Waals surface area (Å²) in [6.07, 6.45) is 6.42. The molecule has 0 spiro atoms. The van der Waals surface area contributed by atoms with E-state index in [-0.39, 0.29) is 0 Å². The predicted molar refractivity (Wildman–Crippen MR) is 64.5 cm³/mol. The average molecular weight is 212 g/mol. The normalized spacial score (nSPS) is 17.3. The van der Waals surface area contributed by atoms with Gasteiger partial charge in [0.25, 0.3) is 0 Å². The van der Waals surface area contributed by atoms with Crippen molar-refractivity contribution < 1.29 is 0 Å². The predicted octanol–water partition coefficient (Wildman–Crippen LogP) is 3.44. The van der Waals surface area contributed by atoms with Gasteiger partial charge in [-0.25, -0.2) is 4.98 Å². The van der Waals surface area contributed by atoms with E-state index in [0.717, 1.165) is 11.7 Å². The summed E-state index contributed by atoms with van der Waals surface area (Å²) in [7, 11) is 0. The Morgan fingerprint density at radius 1 is 1.38 bits per heavy atom. The smallest absolute Gasteiger partial charge is 0.113 e. The molecule has 1 heterocycles. The van der Waals surface area contributed by atoms with Gasteiger partial charge in [-0.1, -0.05) is 31.2 Å². The molecule has 2 heteroatoms. The van der Waals surface area contributed by atoms with Crippen LogP contribution in [-0.4, -0.2) is 9.97 Å². The Morgan fingerprint density at radius 2 is 2.25 bits per heavy atom. The zero-order valence-corrected chi connectivity index (χ0v) is 9.48. The molecule has 0 radical (unpaired) electrons. The molecule has 2 nitrogen and oxygen atoms in total. The monoisotopic (exact) mass is 212 g/mol. The Hall–Kier alpha value is -1.57. The second-order valence-corrected chi connectivity index (χ2v) is 4.64. The minimum atomic E-state index is 0.355. The highest BCUT2D eigenvalue weighted by Crippen LogP contribution is 2.40. The maximum Gasteiger partial charge on any atom is 0.113 e. The van der Waals surface area contributed by atoms with Crippen LogP contribution in [0.4, 0.5) is 0 Å². The number of H-pyrrole nitrogens is 1. The number of hydrogen-bond donors (Lipinski definition) is 1. The highest BCUT2D eigenvalue weighted by atomic mass is 14.9. The van der Waals surface area contributed by atoms with E-state index in [1.165, 1.54) is 24.0 Å². The molecule has 1 aliphatic rings. The van der Waals surface area contributed by atoms with Crippen molar-refractivity contribution in [1.29, 1.82) is 0 Å². The van der Waals surface area contributed by atoms with Gasteiger partial charge >= 0.3 is 0 Å². The molecule has 0 amide bonds. The van der Waals surface area contributed by atoms with Crippen LogP contribution >= 0.6 is 0 Å². The van der Waals surface area contributed by atoms with Gasteiger partial charge in [-0.3, -0.25) is 0 Å². The Kier molecular flexibility index (Phi) is 2.28. The largest absolute Gasteiger partial charge is 0.348 e. The van der Waals surface area contributed by atoms with Crippen molar-refractivity contribution in [3.05, 3.63) is 53.6 Å². The molecule has 0 bridgehead atoms. The van der Waals surface area contributed by atoms with Crippen LogP contribution in [0.15, 0.2) is 36.7 Å². The molecule has 16 heavy (non-hydrogen) atoms. The SMILES string of the molecule is CC(c1cccc(C2CC2)c1)c1ncc[nH]1.